The van der Waals surface area contributed by atoms with E-state index >= 15 is 0 Å². The third kappa shape index (κ3) is 3.72. The molecule has 1 heterocycles. The van der Waals surface area contributed by atoms with E-state index in [0.717, 1.165) is 41.7 Å². The quantitative estimate of drug-likeness (QED) is 0.858. The van der Waals surface area contributed by atoms with Crippen LogP contribution >= 0.6 is 15.9 Å². The van der Waals surface area contributed by atoms with Crippen molar-refractivity contribution < 1.29 is 4.79 Å². The predicted molar refractivity (Wildman–Crippen MR) is 82.5 cm³/mol. The van der Waals surface area contributed by atoms with E-state index in [0.29, 0.717) is 5.92 Å². The lowest BCUT2D eigenvalue weighted by Crippen LogP contribution is -2.42. The Hall–Kier alpha value is -1.03. The first kappa shape index (κ1) is 14.4. The first-order valence-corrected chi connectivity index (χ1v) is 7.71. The molecule has 1 aliphatic heterocycles. The first-order chi connectivity index (χ1) is 9.10. The number of likely N-dealkylation sites (tertiary alicyclic amines) is 1. The van der Waals surface area contributed by atoms with Crippen molar-refractivity contribution in [2.75, 3.05) is 18.4 Å². The molecular formula is C15H21BrN2O. The van der Waals surface area contributed by atoms with Gasteiger partial charge in [-0.05, 0) is 49.4 Å². The lowest BCUT2D eigenvalue weighted by atomic mass is 9.96. The average molecular weight is 325 g/mol. The van der Waals surface area contributed by atoms with Crippen LogP contribution in [-0.2, 0) is 0 Å². The van der Waals surface area contributed by atoms with Gasteiger partial charge in [-0.25, -0.2) is 4.79 Å². The van der Waals surface area contributed by atoms with Gasteiger partial charge < -0.3 is 10.2 Å². The third-order valence-electron chi connectivity index (χ3n) is 3.81. The molecule has 2 amide bonds. The van der Waals surface area contributed by atoms with Gasteiger partial charge in [-0.1, -0.05) is 29.3 Å². The van der Waals surface area contributed by atoms with Gasteiger partial charge in [0.25, 0.3) is 0 Å². The molecule has 19 heavy (non-hydrogen) atoms. The highest BCUT2D eigenvalue weighted by Crippen LogP contribution is 2.22. The molecule has 1 saturated heterocycles. The van der Waals surface area contributed by atoms with Crippen LogP contribution in [0.4, 0.5) is 10.5 Å². The van der Waals surface area contributed by atoms with Crippen LogP contribution in [0.2, 0.25) is 0 Å². The zero-order valence-electron chi connectivity index (χ0n) is 11.6. The van der Waals surface area contributed by atoms with Gasteiger partial charge in [0.15, 0.2) is 0 Å². The number of benzene rings is 1. The van der Waals surface area contributed by atoms with E-state index in [1.165, 1.54) is 6.42 Å². The van der Waals surface area contributed by atoms with Crippen molar-refractivity contribution in [3.05, 3.63) is 28.2 Å². The number of halogens is 1. The Morgan fingerprint density at radius 1 is 1.53 bits per heavy atom. The van der Waals surface area contributed by atoms with E-state index in [1.54, 1.807) is 0 Å². The van der Waals surface area contributed by atoms with Crippen LogP contribution in [0.3, 0.4) is 0 Å². The van der Waals surface area contributed by atoms with Gasteiger partial charge in [-0.2, -0.15) is 0 Å². The smallest absolute Gasteiger partial charge is 0.321 e. The van der Waals surface area contributed by atoms with E-state index < -0.39 is 0 Å². The number of urea groups is 1. The normalized spacial score (nSPS) is 19.3. The second kappa shape index (κ2) is 6.42. The molecule has 0 bridgehead atoms. The fourth-order valence-corrected chi connectivity index (χ4v) is 3.02. The molecular weight excluding hydrogens is 304 g/mol. The molecule has 0 spiro atoms. The molecule has 1 aromatic carbocycles. The van der Waals surface area contributed by atoms with Gasteiger partial charge >= 0.3 is 6.03 Å². The summed E-state index contributed by atoms with van der Waals surface area (Å²) in [5, 5.41) is 3.02. The van der Waals surface area contributed by atoms with Gasteiger partial charge in [0.1, 0.15) is 0 Å². The van der Waals surface area contributed by atoms with Gasteiger partial charge in [0.05, 0.1) is 0 Å². The van der Waals surface area contributed by atoms with Crippen LogP contribution in [-0.4, -0.2) is 24.0 Å². The summed E-state index contributed by atoms with van der Waals surface area (Å²) in [6.07, 6.45) is 3.52. The van der Waals surface area contributed by atoms with Gasteiger partial charge in [-0.15, -0.1) is 0 Å². The minimum atomic E-state index is 0.0311. The highest BCUT2D eigenvalue weighted by Gasteiger charge is 2.22. The second-order valence-corrected chi connectivity index (χ2v) is 6.17. The van der Waals surface area contributed by atoms with Crippen molar-refractivity contribution >= 4 is 27.6 Å². The number of nitrogens with zero attached hydrogens (tertiary/aromatic N) is 1. The fraction of sp³-hybridized carbons (Fsp3) is 0.533. The molecule has 0 radical (unpaired) electrons. The van der Waals surface area contributed by atoms with Crippen molar-refractivity contribution in [3.8, 4) is 0 Å². The van der Waals surface area contributed by atoms with Gasteiger partial charge in [0, 0.05) is 23.2 Å². The van der Waals surface area contributed by atoms with Crippen molar-refractivity contribution in [2.45, 2.75) is 33.1 Å². The Labute approximate surface area is 123 Å². The summed E-state index contributed by atoms with van der Waals surface area (Å²) in [5.41, 5.74) is 1.97. The number of hydrogen-bond donors (Lipinski definition) is 1. The number of rotatable bonds is 2. The standard InChI is InChI=1S/C15H21BrN2O/c1-3-12-5-4-8-18(10-12)15(19)17-14-7-6-13(16)9-11(14)2/h6-7,9,12H,3-5,8,10H2,1-2H3,(H,17,19). The van der Waals surface area contributed by atoms with Gasteiger partial charge in [0.2, 0.25) is 0 Å². The third-order valence-corrected chi connectivity index (χ3v) is 4.31. The number of aryl methyl sites for hydroxylation is 1. The molecule has 1 N–H and O–H groups in total. The number of hydrogen-bond acceptors (Lipinski definition) is 1. The van der Waals surface area contributed by atoms with Crippen LogP contribution in [0.1, 0.15) is 31.7 Å². The Morgan fingerprint density at radius 2 is 2.32 bits per heavy atom. The van der Waals surface area contributed by atoms with Crippen molar-refractivity contribution in [1.29, 1.82) is 0 Å². The molecule has 0 aromatic heterocycles. The highest BCUT2D eigenvalue weighted by atomic mass is 79.9. The first-order valence-electron chi connectivity index (χ1n) is 6.92. The summed E-state index contributed by atoms with van der Waals surface area (Å²) in [4.78, 5) is 14.2. The van der Waals surface area contributed by atoms with E-state index in [1.807, 2.05) is 30.0 Å². The maximum absolute atomic E-state index is 12.3. The largest absolute Gasteiger partial charge is 0.324 e. The molecule has 4 heteroatoms. The predicted octanol–water partition coefficient (Wildman–Crippen LogP) is 4.41. The Bertz CT molecular complexity index is 461. The summed E-state index contributed by atoms with van der Waals surface area (Å²) < 4.78 is 1.03. The maximum atomic E-state index is 12.3. The van der Waals surface area contributed by atoms with Crippen LogP contribution < -0.4 is 5.32 Å². The number of anilines is 1. The van der Waals surface area contributed by atoms with Crippen LogP contribution in [0.25, 0.3) is 0 Å². The van der Waals surface area contributed by atoms with Crippen LogP contribution in [0, 0.1) is 12.8 Å². The topological polar surface area (TPSA) is 32.3 Å². The Kier molecular flexibility index (Phi) is 4.86. The molecule has 0 saturated carbocycles. The zero-order chi connectivity index (χ0) is 13.8. The number of piperidine rings is 1. The van der Waals surface area contributed by atoms with Gasteiger partial charge in [-0.3, -0.25) is 0 Å². The molecule has 0 aliphatic carbocycles. The number of nitrogens with one attached hydrogen (secondary N) is 1. The van der Waals surface area contributed by atoms with Crippen molar-refractivity contribution in [1.82, 2.24) is 4.90 Å². The maximum Gasteiger partial charge on any atom is 0.321 e. The summed E-state index contributed by atoms with van der Waals surface area (Å²) in [5.74, 6) is 0.658. The zero-order valence-corrected chi connectivity index (χ0v) is 13.2. The fourth-order valence-electron chi connectivity index (χ4n) is 2.54. The molecule has 2 rings (SSSR count). The molecule has 104 valence electrons. The molecule has 3 nitrogen and oxygen atoms in total. The van der Waals surface area contributed by atoms with E-state index in [2.05, 4.69) is 28.2 Å². The summed E-state index contributed by atoms with van der Waals surface area (Å²) in [6, 6.07) is 5.94. The van der Waals surface area contributed by atoms with Crippen molar-refractivity contribution in [2.24, 2.45) is 5.92 Å². The summed E-state index contributed by atoms with van der Waals surface area (Å²) in [6.45, 7) is 5.96. The number of carbonyl (C=O) groups excluding carboxylic acids is 1. The Morgan fingerprint density at radius 3 is 3.00 bits per heavy atom. The molecule has 1 unspecified atom stereocenters. The minimum Gasteiger partial charge on any atom is -0.324 e. The highest BCUT2D eigenvalue weighted by molar-refractivity contribution is 9.10. The monoisotopic (exact) mass is 324 g/mol. The number of amides is 2. The average Bonchev–Trinajstić information content (AvgIpc) is 2.42. The SMILES string of the molecule is CCC1CCCN(C(=O)Nc2ccc(Br)cc2C)C1. The number of carbonyl (C=O) groups is 1. The molecule has 1 atom stereocenters. The molecule has 1 aliphatic rings. The Balaban J connectivity index is 2.00. The van der Waals surface area contributed by atoms with E-state index in [9.17, 15) is 4.79 Å². The lowest BCUT2D eigenvalue weighted by Gasteiger charge is -2.32. The van der Waals surface area contributed by atoms with E-state index in [4.69, 9.17) is 0 Å². The van der Waals surface area contributed by atoms with Crippen LogP contribution in [0.5, 0.6) is 0 Å². The lowest BCUT2D eigenvalue weighted by molar-refractivity contribution is 0.176. The minimum absolute atomic E-state index is 0.0311. The van der Waals surface area contributed by atoms with Crippen LogP contribution in [0.15, 0.2) is 22.7 Å². The second-order valence-electron chi connectivity index (χ2n) is 5.25. The molecule has 1 aromatic rings. The summed E-state index contributed by atoms with van der Waals surface area (Å²) in [7, 11) is 0. The molecule has 1 fully saturated rings. The summed E-state index contributed by atoms with van der Waals surface area (Å²) >= 11 is 3.43. The van der Waals surface area contributed by atoms with Crippen molar-refractivity contribution in [3.63, 3.8) is 0 Å². The van der Waals surface area contributed by atoms with E-state index in [-0.39, 0.29) is 6.03 Å².